The first-order valence-electron chi connectivity index (χ1n) is 8.27. The first-order valence-corrected chi connectivity index (χ1v) is 8.27. The Morgan fingerprint density at radius 3 is 2.33 bits per heavy atom. The molecule has 27 heavy (non-hydrogen) atoms. The Kier molecular flexibility index (Phi) is 7.06. The van der Waals surface area contributed by atoms with Crippen LogP contribution in [0.5, 0.6) is 17.2 Å². The minimum Gasteiger partial charge on any atom is -0.494 e. The molecule has 1 atom stereocenters. The number of hydrogen-bond donors (Lipinski definition) is 1. The molecule has 2 aromatic carbocycles. The molecule has 2 rings (SSSR count). The van der Waals surface area contributed by atoms with Gasteiger partial charge in [-0.25, -0.2) is 0 Å². The summed E-state index contributed by atoms with van der Waals surface area (Å²) in [7, 11) is 0. The minimum atomic E-state index is -4.50. The molecule has 0 aliphatic heterocycles. The average Bonchev–Trinajstić information content (AvgIpc) is 2.62. The highest BCUT2D eigenvalue weighted by atomic mass is 19.4. The van der Waals surface area contributed by atoms with Crippen LogP contribution in [0.25, 0.3) is 0 Å². The van der Waals surface area contributed by atoms with Gasteiger partial charge >= 0.3 is 6.18 Å². The van der Waals surface area contributed by atoms with Gasteiger partial charge in [0.1, 0.15) is 24.2 Å². The number of halogens is 3. The van der Waals surface area contributed by atoms with Crippen LogP contribution in [0.3, 0.4) is 0 Å². The fourth-order valence-corrected chi connectivity index (χ4v) is 2.09. The molecule has 0 bridgehead atoms. The van der Waals surface area contributed by atoms with Gasteiger partial charge in [-0.3, -0.25) is 4.79 Å². The Labute approximate surface area is 155 Å². The first kappa shape index (κ1) is 20.6. The normalized spacial score (nSPS) is 12.3. The van der Waals surface area contributed by atoms with Crippen molar-refractivity contribution in [3.63, 3.8) is 0 Å². The summed E-state index contributed by atoms with van der Waals surface area (Å²) < 4.78 is 52.3. The highest BCUT2D eigenvalue weighted by molar-refractivity contribution is 5.95. The lowest BCUT2D eigenvalue weighted by atomic mass is 10.2. The number of amides is 1. The van der Waals surface area contributed by atoms with Crippen LogP contribution in [0.15, 0.2) is 48.5 Å². The van der Waals surface area contributed by atoms with Crippen LogP contribution < -0.4 is 14.8 Å². The number of alkyl halides is 3. The van der Waals surface area contributed by atoms with E-state index in [1.807, 2.05) is 6.92 Å². The molecule has 1 unspecified atom stereocenters. The van der Waals surface area contributed by atoms with Gasteiger partial charge in [0.15, 0.2) is 5.75 Å². The Bertz CT molecular complexity index is 747. The summed E-state index contributed by atoms with van der Waals surface area (Å²) in [5.74, 6) is 0.851. The summed E-state index contributed by atoms with van der Waals surface area (Å²) in [6.07, 6.45) is -5.77. The quantitative estimate of drug-likeness (QED) is 0.713. The molecule has 2 aromatic rings. The van der Waals surface area contributed by atoms with E-state index in [4.69, 9.17) is 9.47 Å². The van der Waals surface area contributed by atoms with Gasteiger partial charge < -0.3 is 19.5 Å². The number of nitrogens with one attached hydrogen (secondary N) is 1. The molecular weight excluding hydrogens is 363 g/mol. The van der Waals surface area contributed by atoms with E-state index in [2.05, 4.69) is 10.1 Å². The number of para-hydroxylation sites is 2. The highest BCUT2D eigenvalue weighted by Crippen LogP contribution is 2.30. The van der Waals surface area contributed by atoms with Crippen molar-refractivity contribution in [2.75, 3.05) is 18.5 Å². The van der Waals surface area contributed by atoms with Gasteiger partial charge in [0.2, 0.25) is 0 Å². The van der Waals surface area contributed by atoms with E-state index >= 15 is 0 Å². The summed E-state index contributed by atoms with van der Waals surface area (Å²) in [6.45, 7) is 2.18. The van der Waals surface area contributed by atoms with Gasteiger partial charge in [-0.15, -0.1) is 0 Å². The number of hydrogen-bond acceptors (Lipinski definition) is 4. The molecule has 0 aromatic heterocycles. The molecule has 146 valence electrons. The lowest BCUT2D eigenvalue weighted by Gasteiger charge is -2.16. The first-order chi connectivity index (χ1) is 12.8. The summed E-state index contributed by atoms with van der Waals surface area (Å²) >= 11 is 0. The number of benzene rings is 2. The topological polar surface area (TPSA) is 56.8 Å². The number of rotatable bonds is 8. The highest BCUT2D eigenvalue weighted by Gasteiger charge is 2.30. The van der Waals surface area contributed by atoms with E-state index < -0.39 is 24.8 Å². The molecule has 0 spiro atoms. The summed E-state index contributed by atoms with van der Waals surface area (Å²) in [4.78, 5) is 12.1. The van der Waals surface area contributed by atoms with E-state index in [-0.39, 0.29) is 0 Å². The van der Waals surface area contributed by atoms with E-state index in [0.717, 1.165) is 0 Å². The van der Waals surface area contributed by atoms with Crippen LogP contribution in [0.2, 0.25) is 0 Å². The zero-order valence-corrected chi connectivity index (χ0v) is 14.9. The van der Waals surface area contributed by atoms with Crippen molar-refractivity contribution in [1.82, 2.24) is 0 Å². The molecule has 0 aliphatic rings. The summed E-state index contributed by atoms with van der Waals surface area (Å²) in [5, 5.41) is 2.52. The molecule has 1 N–H and O–H groups in total. The second kappa shape index (κ2) is 9.27. The third kappa shape index (κ3) is 6.82. The van der Waals surface area contributed by atoms with Crippen molar-refractivity contribution >= 4 is 11.6 Å². The summed E-state index contributed by atoms with van der Waals surface area (Å²) in [5.41, 5.74) is 0.318. The molecule has 1 amide bonds. The predicted molar refractivity (Wildman–Crippen MR) is 94.2 cm³/mol. The maximum absolute atomic E-state index is 12.2. The zero-order chi connectivity index (χ0) is 19.9. The second-order valence-corrected chi connectivity index (χ2v) is 5.56. The van der Waals surface area contributed by atoms with Crippen molar-refractivity contribution in [3.05, 3.63) is 48.5 Å². The fourth-order valence-electron chi connectivity index (χ4n) is 2.09. The minimum absolute atomic E-state index is 0.318. The van der Waals surface area contributed by atoms with Crippen LogP contribution in [0, 0.1) is 0 Å². The Morgan fingerprint density at radius 2 is 1.70 bits per heavy atom. The van der Waals surface area contributed by atoms with Crippen LogP contribution >= 0.6 is 0 Å². The molecule has 0 heterocycles. The van der Waals surface area contributed by atoms with E-state index in [1.165, 1.54) is 6.92 Å². The number of carbonyl (C=O) groups is 1. The van der Waals surface area contributed by atoms with Crippen molar-refractivity contribution < 1.29 is 32.2 Å². The Morgan fingerprint density at radius 1 is 1.07 bits per heavy atom. The second-order valence-electron chi connectivity index (χ2n) is 5.56. The number of ether oxygens (including phenoxy) is 3. The number of anilines is 1. The standard InChI is InChI=1S/C19H20F3NO4/c1-3-25-14-8-10-15(11-9-14)27-17-7-5-4-6-16(17)23-18(24)13(2)26-12-19(20,21)22/h4-11,13H,3,12H2,1-2H3,(H,23,24). The molecular formula is C19H20F3NO4. The fraction of sp³-hybridized carbons (Fsp3) is 0.316. The maximum atomic E-state index is 12.2. The third-order valence-electron chi connectivity index (χ3n) is 3.37. The van der Waals surface area contributed by atoms with Gasteiger partial charge in [0, 0.05) is 0 Å². The van der Waals surface area contributed by atoms with Crippen LogP contribution in [0.4, 0.5) is 18.9 Å². The largest absolute Gasteiger partial charge is 0.494 e. The molecule has 0 saturated heterocycles. The number of carbonyl (C=O) groups excluding carboxylic acids is 1. The monoisotopic (exact) mass is 383 g/mol. The van der Waals surface area contributed by atoms with Gasteiger partial charge in [-0.2, -0.15) is 13.2 Å². The Hall–Kier alpha value is -2.74. The molecule has 0 saturated carbocycles. The van der Waals surface area contributed by atoms with Gasteiger partial charge in [0.05, 0.1) is 12.3 Å². The van der Waals surface area contributed by atoms with E-state index in [1.54, 1.807) is 48.5 Å². The van der Waals surface area contributed by atoms with Gasteiger partial charge in [-0.05, 0) is 50.2 Å². The van der Waals surface area contributed by atoms with Crippen molar-refractivity contribution in [1.29, 1.82) is 0 Å². The van der Waals surface area contributed by atoms with Crippen molar-refractivity contribution in [3.8, 4) is 17.2 Å². The van der Waals surface area contributed by atoms with Crippen LogP contribution in [0.1, 0.15) is 13.8 Å². The zero-order valence-electron chi connectivity index (χ0n) is 14.9. The molecule has 0 aliphatic carbocycles. The summed E-state index contributed by atoms with van der Waals surface area (Å²) in [6, 6.07) is 13.5. The molecule has 8 heteroatoms. The molecule has 0 radical (unpaired) electrons. The van der Waals surface area contributed by atoms with E-state index in [9.17, 15) is 18.0 Å². The molecule has 0 fully saturated rings. The van der Waals surface area contributed by atoms with Crippen LogP contribution in [-0.2, 0) is 9.53 Å². The lowest BCUT2D eigenvalue weighted by Crippen LogP contribution is -2.31. The smallest absolute Gasteiger partial charge is 0.411 e. The van der Waals surface area contributed by atoms with Crippen LogP contribution in [-0.4, -0.2) is 31.4 Å². The van der Waals surface area contributed by atoms with Gasteiger partial charge in [0.25, 0.3) is 5.91 Å². The third-order valence-corrected chi connectivity index (χ3v) is 3.37. The van der Waals surface area contributed by atoms with Gasteiger partial charge in [-0.1, -0.05) is 12.1 Å². The van der Waals surface area contributed by atoms with E-state index in [0.29, 0.717) is 29.5 Å². The molecule has 5 nitrogen and oxygen atoms in total. The Balaban J connectivity index is 2.03. The van der Waals surface area contributed by atoms with Crippen molar-refractivity contribution in [2.45, 2.75) is 26.1 Å². The maximum Gasteiger partial charge on any atom is 0.411 e. The van der Waals surface area contributed by atoms with Crippen molar-refractivity contribution in [2.24, 2.45) is 0 Å². The average molecular weight is 383 g/mol. The lowest BCUT2D eigenvalue weighted by molar-refractivity contribution is -0.184. The predicted octanol–water partition coefficient (Wildman–Crippen LogP) is 4.78. The SMILES string of the molecule is CCOc1ccc(Oc2ccccc2NC(=O)C(C)OCC(F)(F)F)cc1.